The van der Waals surface area contributed by atoms with Crippen LogP contribution < -0.4 is 15.8 Å². The van der Waals surface area contributed by atoms with Crippen molar-refractivity contribution in [3.8, 4) is 11.1 Å². The lowest BCUT2D eigenvalue weighted by molar-refractivity contribution is 0.0342. The minimum atomic E-state index is -0.407. The van der Waals surface area contributed by atoms with Crippen LogP contribution in [0.4, 0.5) is 10.1 Å². The van der Waals surface area contributed by atoms with Crippen LogP contribution in [-0.2, 0) is 22.6 Å². The molecule has 0 saturated carbocycles. The highest BCUT2D eigenvalue weighted by atomic mass is 19.1. The fourth-order valence-corrected chi connectivity index (χ4v) is 6.87. The lowest BCUT2D eigenvalue weighted by Crippen LogP contribution is -2.40. The highest BCUT2D eigenvalue weighted by molar-refractivity contribution is 5.99. The molecule has 9 heteroatoms. The molecule has 1 aromatic heterocycles. The van der Waals surface area contributed by atoms with Crippen LogP contribution in [0.15, 0.2) is 59.4 Å². The summed E-state index contributed by atoms with van der Waals surface area (Å²) in [6.07, 6.45) is 1.85. The van der Waals surface area contributed by atoms with E-state index in [1.807, 2.05) is 13.0 Å². The van der Waals surface area contributed by atoms with Gasteiger partial charge < -0.3 is 24.7 Å². The number of anilines is 1. The van der Waals surface area contributed by atoms with Crippen LogP contribution >= 0.6 is 0 Å². The number of carbonyl (C=O) groups excluding carboxylic acids is 1. The van der Waals surface area contributed by atoms with Crippen molar-refractivity contribution in [2.75, 3.05) is 51.0 Å². The molecule has 46 heavy (non-hydrogen) atoms. The second kappa shape index (κ2) is 14.2. The third kappa shape index (κ3) is 6.72. The number of morpholine rings is 1. The molecular weight excluding hydrogens is 583 g/mol. The van der Waals surface area contributed by atoms with Crippen LogP contribution in [0.5, 0.6) is 0 Å². The van der Waals surface area contributed by atoms with Crippen LogP contribution in [-0.4, -0.2) is 67.9 Å². The lowest BCUT2D eigenvalue weighted by atomic mass is 9.94. The van der Waals surface area contributed by atoms with E-state index in [2.05, 4.69) is 57.4 Å². The van der Waals surface area contributed by atoms with Crippen molar-refractivity contribution in [3.63, 3.8) is 0 Å². The van der Waals surface area contributed by atoms with Gasteiger partial charge in [0.05, 0.1) is 13.2 Å². The van der Waals surface area contributed by atoms with E-state index in [0.717, 1.165) is 87.8 Å². The molecule has 0 spiro atoms. The number of pyridine rings is 1. The molecule has 2 N–H and O–H groups in total. The Kier molecular flexibility index (Phi) is 9.82. The number of halogens is 1. The van der Waals surface area contributed by atoms with Gasteiger partial charge in [-0.25, -0.2) is 4.39 Å². The largest absolute Gasteiger partial charge is 0.381 e. The van der Waals surface area contributed by atoms with Crippen LogP contribution in [0, 0.1) is 19.7 Å². The number of benzene rings is 3. The molecule has 0 aliphatic carbocycles. The zero-order chi connectivity index (χ0) is 32.2. The summed E-state index contributed by atoms with van der Waals surface area (Å²) in [4.78, 5) is 34.5. The predicted molar refractivity (Wildman–Crippen MR) is 180 cm³/mol. The fourth-order valence-electron chi connectivity index (χ4n) is 6.87. The van der Waals surface area contributed by atoms with Gasteiger partial charge in [0.2, 0.25) is 0 Å². The normalized spacial score (nSPS) is 16.1. The Morgan fingerprint density at radius 3 is 2.43 bits per heavy atom. The number of carbonyl (C=O) groups is 1. The smallest absolute Gasteiger partial charge is 0.253 e. The maximum Gasteiger partial charge on any atom is 0.253 e. The standard InChI is InChI=1S/C37H43FN4O4/c1-4-42(29-12-16-45-17-13-29)34-21-28(27-10-8-26(9-11-27)23-41-14-18-46-19-15-41)20-31(24(34)2)36(43)39-22-32-30-6-5-7-33(38)35(30)25(3)40-37(32)44/h5-11,20-21,29H,4,12-19,22-23H2,1-3H3,(H,39,43)(H,40,44). The van der Waals surface area contributed by atoms with Gasteiger partial charge in [-0.1, -0.05) is 36.4 Å². The van der Waals surface area contributed by atoms with E-state index < -0.39 is 5.82 Å². The van der Waals surface area contributed by atoms with Gasteiger partial charge in [0, 0.05) is 79.9 Å². The molecule has 2 fully saturated rings. The van der Waals surface area contributed by atoms with Crippen molar-refractivity contribution in [3.05, 3.63) is 98.7 Å². The first-order valence-corrected chi connectivity index (χ1v) is 16.3. The minimum absolute atomic E-state index is 0.0267. The number of fused-ring (bicyclic) bond motifs is 1. The average molecular weight is 627 g/mol. The van der Waals surface area contributed by atoms with Crippen LogP contribution in [0.1, 0.15) is 52.5 Å². The Morgan fingerprint density at radius 2 is 1.72 bits per heavy atom. The zero-order valence-electron chi connectivity index (χ0n) is 27.0. The Bertz CT molecular complexity index is 1760. The molecule has 0 radical (unpaired) electrons. The van der Waals surface area contributed by atoms with E-state index in [-0.39, 0.29) is 18.0 Å². The van der Waals surface area contributed by atoms with Gasteiger partial charge in [0.1, 0.15) is 5.82 Å². The number of aromatic nitrogens is 1. The Hall–Kier alpha value is -4.05. The van der Waals surface area contributed by atoms with Crippen molar-refractivity contribution in [1.29, 1.82) is 0 Å². The van der Waals surface area contributed by atoms with Crippen LogP contribution in [0.25, 0.3) is 21.9 Å². The van der Waals surface area contributed by atoms with E-state index in [1.54, 1.807) is 19.1 Å². The summed E-state index contributed by atoms with van der Waals surface area (Å²) in [6, 6.07) is 17.7. The highest BCUT2D eigenvalue weighted by Gasteiger charge is 2.25. The Labute approximate surface area is 269 Å². The molecule has 0 unspecified atom stereocenters. The molecule has 0 bridgehead atoms. The van der Waals surface area contributed by atoms with Crippen molar-refractivity contribution in [2.24, 2.45) is 0 Å². The van der Waals surface area contributed by atoms with Gasteiger partial charge in [0.15, 0.2) is 0 Å². The number of hydrogen-bond acceptors (Lipinski definition) is 6. The van der Waals surface area contributed by atoms with Crippen molar-refractivity contribution in [2.45, 2.75) is 52.7 Å². The predicted octanol–water partition coefficient (Wildman–Crippen LogP) is 5.72. The first kappa shape index (κ1) is 31.9. The molecule has 1 amide bonds. The summed E-state index contributed by atoms with van der Waals surface area (Å²) in [7, 11) is 0. The van der Waals surface area contributed by atoms with E-state index in [4.69, 9.17) is 9.47 Å². The number of nitrogens with zero attached hydrogens (tertiary/aromatic N) is 2. The summed E-state index contributed by atoms with van der Waals surface area (Å²) >= 11 is 0. The zero-order valence-corrected chi connectivity index (χ0v) is 27.0. The van der Waals surface area contributed by atoms with Crippen molar-refractivity contribution < 1.29 is 18.7 Å². The van der Waals surface area contributed by atoms with E-state index in [9.17, 15) is 14.0 Å². The number of aryl methyl sites for hydroxylation is 1. The quantitative estimate of drug-likeness (QED) is 0.247. The van der Waals surface area contributed by atoms with Gasteiger partial charge in [-0.15, -0.1) is 0 Å². The summed E-state index contributed by atoms with van der Waals surface area (Å²) in [5.74, 6) is -0.687. The average Bonchev–Trinajstić information content (AvgIpc) is 3.07. The van der Waals surface area contributed by atoms with Crippen molar-refractivity contribution >= 4 is 22.4 Å². The van der Waals surface area contributed by atoms with Gasteiger partial charge in [-0.3, -0.25) is 14.5 Å². The first-order chi connectivity index (χ1) is 22.3. The minimum Gasteiger partial charge on any atom is -0.381 e. The molecule has 3 heterocycles. The van der Waals surface area contributed by atoms with Gasteiger partial charge >= 0.3 is 0 Å². The third-order valence-corrected chi connectivity index (χ3v) is 9.42. The van der Waals surface area contributed by atoms with E-state index >= 15 is 0 Å². The molecule has 2 saturated heterocycles. The maximum absolute atomic E-state index is 14.7. The molecule has 242 valence electrons. The summed E-state index contributed by atoms with van der Waals surface area (Å²) in [5.41, 5.74) is 6.13. The van der Waals surface area contributed by atoms with Crippen LogP contribution in [0.3, 0.4) is 0 Å². The van der Waals surface area contributed by atoms with Gasteiger partial charge in [-0.05, 0) is 79.5 Å². The van der Waals surface area contributed by atoms with Gasteiger partial charge in [-0.2, -0.15) is 0 Å². The second-order valence-corrected chi connectivity index (χ2v) is 12.3. The monoisotopic (exact) mass is 626 g/mol. The summed E-state index contributed by atoms with van der Waals surface area (Å²) < 4.78 is 25.9. The Balaban J connectivity index is 1.34. The SMILES string of the molecule is CCN(c1cc(-c2ccc(CN3CCOCC3)cc2)cc(C(=O)NCc2c(=O)[nH]c(C)c3c(F)cccc23)c1C)C1CCOCC1. The molecule has 2 aliphatic heterocycles. The first-order valence-electron chi connectivity index (χ1n) is 16.3. The number of aromatic amines is 1. The van der Waals surface area contributed by atoms with Crippen molar-refractivity contribution in [1.82, 2.24) is 15.2 Å². The highest BCUT2D eigenvalue weighted by Crippen LogP contribution is 2.34. The molecule has 0 atom stereocenters. The van der Waals surface area contributed by atoms with Crippen LogP contribution in [0.2, 0.25) is 0 Å². The molecule has 3 aromatic carbocycles. The topological polar surface area (TPSA) is 86.9 Å². The molecular formula is C37H43FN4O4. The summed E-state index contributed by atoms with van der Waals surface area (Å²) in [6.45, 7) is 12.3. The number of rotatable bonds is 9. The second-order valence-electron chi connectivity index (χ2n) is 12.3. The number of ether oxygens (including phenoxy) is 2. The number of amides is 1. The van der Waals surface area contributed by atoms with E-state index in [1.165, 1.54) is 11.6 Å². The number of nitrogens with one attached hydrogen (secondary N) is 2. The Morgan fingerprint density at radius 1 is 1.00 bits per heavy atom. The molecule has 2 aliphatic rings. The lowest BCUT2D eigenvalue weighted by Gasteiger charge is -2.37. The third-order valence-electron chi connectivity index (χ3n) is 9.42. The van der Waals surface area contributed by atoms with Gasteiger partial charge in [0.25, 0.3) is 11.5 Å². The van der Waals surface area contributed by atoms with E-state index in [0.29, 0.717) is 33.6 Å². The molecule has 6 rings (SSSR count). The number of H-pyrrole nitrogens is 1. The summed E-state index contributed by atoms with van der Waals surface area (Å²) in [5, 5.41) is 3.85. The maximum atomic E-state index is 14.7. The molecule has 8 nitrogen and oxygen atoms in total. The fraction of sp³-hybridized carbons (Fsp3) is 0.405. The number of hydrogen-bond donors (Lipinski definition) is 2. The molecule has 4 aromatic rings.